The average molecular weight is 333 g/mol. The normalized spacial score (nSPS) is 10.6. The van der Waals surface area contributed by atoms with Crippen molar-refractivity contribution in [2.24, 2.45) is 0 Å². The zero-order valence-electron chi connectivity index (χ0n) is 9.18. The lowest BCUT2D eigenvalue weighted by Crippen LogP contribution is -2.09. The van der Waals surface area contributed by atoms with Crippen LogP contribution in [0.3, 0.4) is 0 Å². The SMILES string of the molecule is O=C(c1cccc(F)c1Br)c1c(F)cc(F)cc1F. The Balaban J connectivity index is 2.60. The lowest BCUT2D eigenvalue weighted by Gasteiger charge is -2.07. The molecule has 0 heterocycles. The Morgan fingerprint density at radius 1 is 0.947 bits per heavy atom. The third-order valence-corrected chi connectivity index (χ3v) is 3.24. The number of rotatable bonds is 2. The number of benzene rings is 2. The highest BCUT2D eigenvalue weighted by Gasteiger charge is 2.23. The molecule has 0 saturated carbocycles. The Kier molecular flexibility index (Phi) is 3.71. The van der Waals surface area contributed by atoms with Gasteiger partial charge in [0.2, 0.25) is 0 Å². The van der Waals surface area contributed by atoms with Gasteiger partial charge in [0.15, 0.2) is 5.78 Å². The highest BCUT2D eigenvalue weighted by Crippen LogP contribution is 2.25. The van der Waals surface area contributed by atoms with E-state index in [9.17, 15) is 22.4 Å². The topological polar surface area (TPSA) is 17.1 Å². The van der Waals surface area contributed by atoms with Crippen LogP contribution in [0.1, 0.15) is 15.9 Å². The van der Waals surface area contributed by atoms with Crippen molar-refractivity contribution in [3.63, 3.8) is 0 Å². The summed E-state index contributed by atoms with van der Waals surface area (Å²) in [4.78, 5) is 12.0. The molecule has 2 rings (SSSR count). The molecule has 0 aliphatic rings. The lowest BCUT2D eigenvalue weighted by molar-refractivity contribution is 0.102. The molecule has 0 radical (unpaired) electrons. The summed E-state index contributed by atoms with van der Waals surface area (Å²) in [7, 11) is 0. The van der Waals surface area contributed by atoms with Gasteiger partial charge in [-0.2, -0.15) is 0 Å². The summed E-state index contributed by atoms with van der Waals surface area (Å²) in [5.41, 5.74) is -1.17. The molecule has 0 amide bonds. The van der Waals surface area contributed by atoms with Gasteiger partial charge in [0.05, 0.1) is 10.0 Å². The first-order valence-corrected chi connectivity index (χ1v) is 5.84. The molecule has 1 nitrogen and oxygen atoms in total. The van der Waals surface area contributed by atoms with Gasteiger partial charge in [0, 0.05) is 17.7 Å². The van der Waals surface area contributed by atoms with Gasteiger partial charge < -0.3 is 0 Å². The zero-order valence-corrected chi connectivity index (χ0v) is 10.8. The van der Waals surface area contributed by atoms with Crippen LogP contribution in [0.4, 0.5) is 17.6 Å². The van der Waals surface area contributed by atoms with Crippen molar-refractivity contribution in [2.75, 3.05) is 0 Å². The van der Waals surface area contributed by atoms with E-state index in [0.717, 1.165) is 6.07 Å². The molecule has 19 heavy (non-hydrogen) atoms. The standard InChI is InChI=1S/C13H5BrF4O/c14-12-7(2-1-3-8(12)16)13(19)11-9(17)4-6(15)5-10(11)18/h1-5H. The van der Waals surface area contributed by atoms with Gasteiger partial charge in [-0.05, 0) is 28.1 Å². The first-order chi connectivity index (χ1) is 8.91. The van der Waals surface area contributed by atoms with Crippen molar-refractivity contribution in [3.05, 3.63) is 69.2 Å². The van der Waals surface area contributed by atoms with Gasteiger partial charge in [-0.25, -0.2) is 17.6 Å². The van der Waals surface area contributed by atoms with Gasteiger partial charge in [-0.1, -0.05) is 6.07 Å². The molecular weight excluding hydrogens is 328 g/mol. The van der Waals surface area contributed by atoms with Crippen LogP contribution >= 0.6 is 15.9 Å². The fourth-order valence-corrected chi connectivity index (χ4v) is 2.02. The van der Waals surface area contributed by atoms with Gasteiger partial charge in [0.1, 0.15) is 23.3 Å². The molecule has 0 bridgehead atoms. The van der Waals surface area contributed by atoms with Gasteiger partial charge >= 0.3 is 0 Å². The average Bonchev–Trinajstić information content (AvgIpc) is 2.31. The zero-order chi connectivity index (χ0) is 14.2. The van der Waals surface area contributed by atoms with Crippen LogP contribution in [0.15, 0.2) is 34.8 Å². The predicted molar refractivity (Wildman–Crippen MR) is 63.8 cm³/mol. The molecule has 2 aromatic carbocycles. The van der Waals surface area contributed by atoms with Crippen molar-refractivity contribution in [1.29, 1.82) is 0 Å². The highest BCUT2D eigenvalue weighted by atomic mass is 79.9. The number of hydrogen-bond acceptors (Lipinski definition) is 1. The second kappa shape index (κ2) is 5.13. The van der Waals surface area contributed by atoms with E-state index in [-0.39, 0.29) is 10.0 Å². The van der Waals surface area contributed by atoms with Crippen molar-refractivity contribution in [3.8, 4) is 0 Å². The summed E-state index contributed by atoms with van der Waals surface area (Å²) >= 11 is 2.83. The summed E-state index contributed by atoms with van der Waals surface area (Å²) in [5.74, 6) is -5.61. The van der Waals surface area contributed by atoms with Crippen LogP contribution in [0, 0.1) is 23.3 Å². The second-order valence-electron chi connectivity index (χ2n) is 3.67. The summed E-state index contributed by atoms with van der Waals surface area (Å²) in [6, 6.07) is 4.30. The van der Waals surface area contributed by atoms with E-state index in [1.54, 1.807) is 0 Å². The fraction of sp³-hybridized carbons (Fsp3) is 0. The monoisotopic (exact) mass is 332 g/mol. The van der Waals surface area contributed by atoms with E-state index in [4.69, 9.17) is 0 Å². The van der Waals surface area contributed by atoms with Crippen molar-refractivity contribution in [2.45, 2.75) is 0 Å². The van der Waals surface area contributed by atoms with E-state index < -0.39 is 34.6 Å². The predicted octanol–water partition coefficient (Wildman–Crippen LogP) is 4.24. The molecule has 2 aromatic rings. The maximum Gasteiger partial charge on any atom is 0.200 e. The molecule has 0 aromatic heterocycles. The summed E-state index contributed by atoms with van der Waals surface area (Å²) in [6.07, 6.45) is 0. The third-order valence-electron chi connectivity index (χ3n) is 2.43. The maximum atomic E-state index is 13.5. The van der Waals surface area contributed by atoms with Crippen LogP contribution < -0.4 is 0 Å². The second-order valence-corrected chi connectivity index (χ2v) is 4.47. The van der Waals surface area contributed by atoms with Gasteiger partial charge in [-0.15, -0.1) is 0 Å². The van der Waals surface area contributed by atoms with E-state index in [1.165, 1.54) is 12.1 Å². The smallest absolute Gasteiger partial charge is 0.200 e. The molecule has 0 saturated heterocycles. The van der Waals surface area contributed by atoms with E-state index in [1.807, 2.05) is 0 Å². The lowest BCUT2D eigenvalue weighted by atomic mass is 10.0. The maximum absolute atomic E-state index is 13.5. The first-order valence-electron chi connectivity index (χ1n) is 5.05. The fourth-order valence-electron chi connectivity index (χ4n) is 1.57. The van der Waals surface area contributed by atoms with Crippen molar-refractivity contribution < 1.29 is 22.4 Å². The summed E-state index contributed by atoms with van der Waals surface area (Å²) in [5, 5.41) is 0. The Labute approximate surface area is 114 Å². The number of halogens is 5. The minimum atomic E-state index is -1.33. The first kappa shape index (κ1) is 13.7. The van der Waals surface area contributed by atoms with E-state index in [0.29, 0.717) is 12.1 Å². The molecule has 0 atom stereocenters. The molecule has 0 spiro atoms. The number of ketones is 1. The molecule has 0 aliphatic heterocycles. The van der Waals surface area contributed by atoms with Gasteiger partial charge in [0.25, 0.3) is 0 Å². The van der Waals surface area contributed by atoms with Crippen molar-refractivity contribution in [1.82, 2.24) is 0 Å². The van der Waals surface area contributed by atoms with Gasteiger partial charge in [-0.3, -0.25) is 4.79 Å². The molecule has 0 unspecified atom stereocenters. The Morgan fingerprint density at radius 2 is 1.53 bits per heavy atom. The molecule has 0 aliphatic carbocycles. The van der Waals surface area contributed by atoms with Crippen LogP contribution in [-0.4, -0.2) is 5.78 Å². The summed E-state index contributed by atoms with van der Waals surface area (Å²) < 4.78 is 52.8. The molecule has 6 heteroatoms. The molecule has 98 valence electrons. The third kappa shape index (κ3) is 2.53. The van der Waals surface area contributed by atoms with Crippen LogP contribution in [0.5, 0.6) is 0 Å². The molecule has 0 N–H and O–H groups in total. The van der Waals surface area contributed by atoms with Crippen LogP contribution in [0.25, 0.3) is 0 Å². The van der Waals surface area contributed by atoms with Crippen LogP contribution in [0.2, 0.25) is 0 Å². The highest BCUT2D eigenvalue weighted by molar-refractivity contribution is 9.10. The van der Waals surface area contributed by atoms with Crippen molar-refractivity contribution >= 4 is 21.7 Å². The Hall–Kier alpha value is -1.69. The van der Waals surface area contributed by atoms with E-state index in [2.05, 4.69) is 15.9 Å². The van der Waals surface area contributed by atoms with Crippen LogP contribution in [-0.2, 0) is 0 Å². The minimum absolute atomic E-state index is 0.205. The largest absolute Gasteiger partial charge is 0.288 e. The Morgan fingerprint density at radius 3 is 2.11 bits per heavy atom. The number of hydrogen-bond donors (Lipinski definition) is 0. The molecule has 0 fully saturated rings. The van der Waals surface area contributed by atoms with E-state index >= 15 is 0 Å². The number of carbonyl (C=O) groups excluding carboxylic acids is 1. The Bertz CT molecular complexity index is 647. The molecular formula is C13H5BrF4O. The minimum Gasteiger partial charge on any atom is -0.288 e. The number of carbonyl (C=O) groups is 1. The summed E-state index contributed by atoms with van der Waals surface area (Å²) in [6.45, 7) is 0. The quantitative estimate of drug-likeness (QED) is 0.594.